The fourth-order valence-corrected chi connectivity index (χ4v) is 6.40. The molecule has 106 valence electrons. The van der Waals surface area contributed by atoms with E-state index in [4.69, 9.17) is 0 Å². The van der Waals surface area contributed by atoms with Crippen LogP contribution >= 0.6 is 38.6 Å². The second-order valence-corrected chi connectivity index (χ2v) is 9.30. The van der Waals surface area contributed by atoms with Gasteiger partial charge in [0.05, 0.1) is 3.79 Å². The van der Waals surface area contributed by atoms with Gasteiger partial charge in [-0.1, -0.05) is 0 Å². The first-order valence-corrected chi connectivity index (χ1v) is 9.90. The van der Waals surface area contributed by atoms with Crippen LogP contribution in [0.5, 0.6) is 0 Å². The molecular formula is C16H18BrNS2. The van der Waals surface area contributed by atoms with Gasteiger partial charge in [0.2, 0.25) is 0 Å². The number of halogens is 1. The number of rotatable bonds is 2. The van der Waals surface area contributed by atoms with E-state index in [1.54, 1.807) is 20.9 Å². The summed E-state index contributed by atoms with van der Waals surface area (Å²) in [6.45, 7) is 0. The maximum Gasteiger partial charge on any atom is 0.0704 e. The summed E-state index contributed by atoms with van der Waals surface area (Å²) in [6.07, 6.45) is 7.77. The van der Waals surface area contributed by atoms with Gasteiger partial charge in [-0.05, 0) is 83.1 Å². The van der Waals surface area contributed by atoms with Crippen molar-refractivity contribution in [2.24, 2.45) is 0 Å². The molecule has 2 unspecified atom stereocenters. The Morgan fingerprint density at radius 2 is 1.80 bits per heavy atom. The second-order valence-electron chi connectivity index (χ2n) is 5.78. The Labute approximate surface area is 136 Å². The Morgan fingerprint density at radius 1 is 1.05 bits per heavy atom. The van der Waals surface area contributed by atoms with E-state index >= 15 is 0 Å². The van der Waals surface area contributed by atoms with Crippen molar-refractivity contribution in [1.82, 2.24) is 5.32 Å². The van der Waals surface area contributed by atoms with Crippen LogP contribution in [0.25, 0.3) is 0 Å². The first kappa shape index (κ1) is 13.5. The van der Waals surface area contributed by atoms with Crippen LogP contribution < -0.4 is 5.32 Å². The summed E-state index contributed by atoms with van der Waals surface area (Å²) in [7, 11) is 0. The van der Waals surface area contributed by atoms with E-state index in [0.717, 1.165) is 0 Å². The third-order valence-electron chi connectivity index (χ3n) is 4.54. The van der Waals surface area contributed by atoms with Gasteiger partial charge in [0.15, 0.2) is 0 Å². The molecule has 2 heterocycles. The van der Waals surface area contributed by atoms with Crippen molar-refractivity contribution in [2.45, 2.75) is 50.6 Å². The van der Waals surface area contributed by atoms with Crippen molar-refractivity contribution in [3.8, 4) is 0 Å². The van der Waals surface area contributed by atoms with Crippen LogP contribution in [0.3, 0.4) is 0 Å². The number of thiophene rings is 2. The molecule has 2 aromatic rings. The fourth-order valence-electron chi connectivity index (χ4n) is 3.60. The maximum atomic E-state index is 3.96. The summed E-state index contributed by atoms with van der Waals surface area (Å²) < 4.78 is 1.29. The van der Waals surface area contributed by atoms with Crippen molar-refractivity contribution in [3.63, 3.8) is 0 Å². The van der Waals surface area contributed by atoms with Crippen LogP contribution in [0.1, 0.15) is 58.6 Å². The molecule has 2 aliphatic rings. The summed E-state index contributed by atoms with van der Waals surface area (Å²) in [5, 5.41) is 6.22. The Bertz CT molecular complexity index is 616. The first-order chi connectivity index (χ1) is 9.81. The van der Waals surface area contributed by atoms with E-state index in [0.29, 0.717) is 12.1 Å². The summed E-state index contributed by atoms with van der Waals surface area (Å²) in [4.78, 5) is 3.19. The first-order valence-electron chi connectivity index (χ1n) is 7.41. The van der Waals surface area contributed by atoms with Crippen molar-refractivity contribution >= 4 is 38.6 Å². The lowest BCUT2D eigenvalue weighted by atomic mass is 9.89. The van der Waals surface area contributed by atoms with Crippen LogP contribution in [0, 0.1) is 0 Å². The van der Waals surface area contributed by atoms with Gasteiger partial charge in [0.25, 0.3) is 0 Å². The largest absolute Gasteiger partial charge is 0.303 e. The summed E-state index contributed by atoms with van der Waals surface area (Å²) in [5.41, 5.74) is 3.12. The fraction of sp³-hybridized carbons (Fsp3) is 0.500. The zero-order valence-corrected chi connectivity index (χ0v) is 14.5. The number of hydrogen-bond donors (Lipinski definition) is 1. The standard InChI is InChI=1S/C16H18BrNS2/c17-16-9-11-13(4-2-6-15(11)20-16)18-12-3-1-5-14-10(12)7-8-19-14/h7-9,12-13,18H,1-6H2. The molecule has 0 bridgehead atoms. The molecule has 0 aromatic carbocycles. The number of aryl methyl sites for hydroxylation is 2. The topological polar surface area (TPSA) is 12.0 Å². The Hall–Kier alpha value is -0.160. The highest BCUT2D eigenvalue weighted by Gasteiger charge is 2.28. The van der Waals surface area contributed by atoms with Crippen LogP contribution in [0.4, 0.5) is 0 Å². The highest BCUT2D eigenvalue weighted by atomic mass is 79.9. The quantitative estimate of drug-likeness (QED) is 0.726. The molecule has 4 heteroatoms. The van der Waals surface area contributed by atoms with Crippen LogP contribution in [0.2, 0.25) is 0 Å². The molecule has 0 radical (unpaired) electrons. The van der Waals surface area contributed by atoms with Gasteiger partial charge in [-0.25, -0.2) is 0 Å². The second kappa shape index (κ2) is 5.56. The molecule has 20 heavy (non-hydrogen) atoms. The minimum atomic E-state index is 0.553. The van der Waals surface area contributed by atoms with E-state index in [1.807, 2.05) is 22.7 Å². The van der Waals surface area contributed by atoms with Gasteiger partial charge in [-0.2, -0.15) is 0 Å². The molecule has 0 saturated carbocycles. The highest BCUT2D eigenvalue weighted by Crippen LogP contribution is 2.41. The summed E-state index contributed by atoms with van der Waals surface area (Å²) in [6, 6.07) is 5.80. The van der Waals surface area contributed by atoms with Crippen molar-refractivity contribution in [1.29, 1.82) is 0 Å². The predicted octanol–water partition coefficient (Wildman–Crippen LogP) is 5.62. The lowest BCUT2D eigenvalue weighted by Gasteiger charge is -2.31. The maximum absolute atomic E-state index is 3.96. The third kappa shape index (κ3) is 2.41. The van der Waals surface area contributed by atoms with Gasteiger partial charge in [-0.15, -0.1) is 22.7 Å². The lowest BCUT2D eigenvalue weighted by molar-refractivity contribution is 0.373. The molecular weight excluding hydrogens is 350 g/mol. The number of nitrogens with one attached hydrogen (secondary N) is 1. The third-order valence-corrected chi connectivity index (χ3v) is 7.25. The monoisotopic (exact) mass is 367 g/mol. The zero-order chi connectivity index (χ0) is 13.5. The molecule has 1 nitrogen and oxygen atoms in total. The average molecular weight is 368 g/mol. The molecule has 4 rings (SSSR count). The molecule has 0 saturated heterocycles. The Balaban J connectivity index is 1.59. The summed E-state index contributed by atoms with van der Waals surface area (Å²) in [5.74, 6) is 0. The lowest BCUT2D eigenvalue weighted by Crippen LogP contribution is -2.30. The van der Waals surface area contributed by atoms with Crippen molar-refractivity contribution < 1.29 is 0 Å². The van der Waals surface area contributed by atoms with E-state index in [9.17, 15) is 0 Å². The summed E-state index contributed by atoms with van der Waals surface area (Å²) >= 11 is 7.51. The van der Waals surface area contributed by atoms with Gasteiger partial charge in [-0.3, -0.25) is 0 Å². The number of hydrogen-bond acceptors (Lipinski definition) is 3. The van der Waals surface area contributed by atoms with Gasteiger partial charge in [0.1, 0.15) is 0 Å². The van der Waals surface area contributed by atoms with Gasteiger partial charge >= 0.3 is 0 Å². The average Bonchev–Trinajstić information content (AvgIpc) is 3.05. The van der Waals surface area contributed by atoms with E-state index in [1.165, 1.54) is 42.3 Å². The number of fused-ring (bicyclic) bond motifs is 2. The molecule has 0 aliphatic heterocycles. The highest BCUT2D eigenvalue weighted by molar-refractivity contribution is 9.11. The molecule has 0 fully saturated rings. The molecule has 0 spiro atoms. The van der Waals surface area contributed by atoms with Crippen LogP contribution in [0.15, 0.2) is 21.3 Å². The van der Waals surface area contributed by atoms with E-state index in [2.05, 4.69) is 38.8 Å². The Kier molecular flexibility index (Phi) is 3.75. The molecule has 0 amide bonds. The van der Waals surface area contributed by atoms with Gasteiger partial charge < -0.3 is 5.32 Å². The zero-order valence-electron chi connectivity index (χ0n) is 11.3. The van der Waals surface area contributed by atoms with Crippen molar-refractivity contribution in [2.75, 3.05) is 0 Å². The molecule has 2 aromatic heterocycles. The van der Waals surface area contributed by atoms with Gasteiger partial charge in [0, 0.05) is 21.8 Å². The predicted molar refractivity (Wildman–Crippen MR) is 90.8 cm³/mol. The van der Waals surface area contributed by atoms with E-state index in [-0.39, 0.29) is 0 Å². The molecule has 2 atom stereocenters. The van der Waals surface area contributed by atoms with Crippen molar-refractivity contribution in [3.05, 3.63) is 42.2 Å². The minimum Gasteiger partial charge on any atom is -0.303 e. The van der Waals surface area contributed by atoms with Crippen LogP contribution in [-0.4, -0.2) is 0 Å². The smallest absolute Gasteiger partial charge is 0.0704 e. The Morgan fingerprint density at radius 3 is 2.65 bits per heavy atom. The van der Waals surface area contributed by atoms with Crippen LogP contribution in [-0.2, 0) is 12.8 Å². The molecule has 1 N–H and O–H groups in total. The molecule has 2 aliphatic carbocycles. The minimum absolute atomic E-state index is 0.553. The SMILES string of the molecule is Brc1cc2c(s1)CCCC2NC1CCCc2sccc21. The normalized spacial score (nSPS) is 25.2. The van der Waals surface area contributed by atoms with E-state index < -0.39 is 0 Å².